The number of hydrogen-bond donors (Lipinski definition) is 0. The van der Waals surface area contributed by atoms with Crippen LogP contribution in [-0.2, 0) is 6.54 Å². The first kappa shape index (κ1) is 9.20. The lowest BCUT2D eigenvalue weighted by atomic mass is 10.1. The lowest BCUT2D eigenvalue weighted by molar-refractivity contribution is -0.384. The third-order valence-electron chi connectivity index (χ3n) is 1.79. The number of aryl methyl sites for hydroxylation is 1. The number of benzene rings is 1. The van der Waals surface area contributed by atoms with E-state index in [9.17, 15) is 10.1 Å². The van der Waals surface area contributed by atoms with Crippen molar-refractivity contribution in [3.8, 4) is 0 Å². The quantitative estimate of drug-likeness (QED) is 0.394. The molecule has 0 saturated heterocycles. The molecule has 1 aromatic carbocycles. The van der Waals surface area contributed by atoms with Crippen molar-refractivity contribution >= 4 is 5.69 Å². The lowest BCUT2D eigenvalue weighted by Crippen LogP contribution is -1.91. The summed E-state index contributed by atoms with van der Waals surface area (Å²) in [5.41, 5.74) is 1.72. The van der Waals surface area contributed by atoms with Crippen LogP contribution in [0.1, 0.15) is 11.1 Å². The Morgan fingerprint density at radius 3 is 2.77 bits per heavy atom. The summed E-state index contributed by atoms with van der Waals surface area (Å²) in [6.07, 6.45) is 0. The molecule has 0 aliphatic carbocycles. The van der Waals surface area contributed by atoms with Gasteiger partial charge in [0.15, 0.2) is 0 Å². The second-order valence-electron chi connectivity index (χ2n) is 2.68. The zero-order valence-electron chi connectivity index (χ0n) is 7.15. The van der Waals surface area contributed by atoms with E-state index in [1.54, 1.807) is 13.0 Å². The van der Waals surface area contributed by atoms with Gasteiger partial charge in [0, 0.05) is 17.7 Å². The van der Waals surface area contributed by atoms with E-state index in [1.807, 2.05) is 0 Å². The largest absolute Gasteiger partial charge is 0.312 e. The van der Waals surface area contributed by atoms with E-state index in [0.717, 1.165) is 11.1 Å². The third-order valence-corrected chi connectivity index (χ3v) is 1.79. The molecule has 0 aromatic heterocycles. The maximum absolute atomic E-state index is 10.4. The maximum atomic E-state index is 10.4. The van der Waals surface area contributed by atoms with Crippen molar-refractivity contribution in [2.45, 2.75) is 13.5 Å². The minimum Gasteiger partial charge on any atom is -0.312 e. The Bertz CT molecular complexity index is 380. The summed E-state index contributed by atoms with van der Waals surface area (Å²) in [7, 11) is 0. The summed E-state index contributed by atoms with van der Waals surface area (Å²) in [5, 5.41) is 10.4. The summed E-state index contributed by atoms with van der Waals surface area (Å²) < 4.78 is 0. The summed E-state index contributed by atoms with van der Waals surface area (Å²) in [6, 6.07) is 4.54. The van der Waals surface area contributed by atoms with Gasteiger partial charge in [-0.1, -0.05) is 0 Å². The molecule has 1 aromatic rings. The van der Waals surface area contributed by atoms with E-state index in [1.165, 1.54) is 12.1 Å². The average Bonchev–Trinajstić information content (AvgIpc) is 2.08. The Kier molecular flexibility index (Phi) is 2.60. The molecule has 0 N–H and O–H groups in total. The summed E-state index contributed by atoms with van der Waals surface area (Å²) in [6.45, 7) is 8.72. The molecule has 0 amide bonds. The van der Waals surface area contributed by atoms with Crippen LogP contribution in [0.2, 0.25) is 0 Å². The van der Waals surface area contributed by atoms with E-state index < -0.39 is 4.92 Å². The van der Waals surface area contributed by atoms with E-state index in [2.05, 4.69) is 4.85 Å². The number of rotatable bonds is 2. The van der Waals surface area contributed by atoms with Gasteiger partial charge in [0.05, 0.1) is 4.92 Å². The monoisotopic (exact) mass is 176 g/mol. The number of non-ortho nitro benzene ring substituents is 1. The molecule has 66 valence electrons. The van der Waals surface area contributed by atoms with E-state index in [4.69, 9.17) is 6.57 Å². The van der Waals surface area contributed by atoms with Crippen molar-refractivity contribution in [3.63, 3.8) is 0 Å². The molecule has 0 spiro atoms. The van der Waals surface area contributed by atoms with Crippen molar-refractivity contribution in [1.29, 1.82) is 0 Å². The standard InChI is InChI=1S/C9H8N2O2/c1-7-5-9(11(12)13)4-3-8(7)6-10-2/h3-5H,6H2,1H3. The van der Waals surface area contributed by atoms with Gasteiger partial charge in [-0.3, -0.25) is 10.1 Å². The molecule has 0 unspecified atom stereocenters. The van der Waals surface area contributed by atoms with Gasteiger partial charge in [-0.05, 0) is 18.6 Å². The van der Waals surface area contributed by atoms with Crippen LogP contribution in [0.15, 0.2) is 18.2 Å². The van der Waals surface area contributed by atoms with Crippen molar-refractivity contribution < 1.29 is 4.92 Å². The van der Waals surface area contributed by atoms with Crippen LogP contribution in [0.25, 0.3) is 4.85 Å². The van der Waals surface area contributed by atoms with Crippen LogP contribution in [-0.4, -0.2) is 4.92 Å². The highest BCUT2D eigenvalue weighted by molar-refractivity contribution is 5.39. The second kappa shape index (κ2) is 3.68. The molecule has 1 rings (SSSR count). The lowest BCUT2D eigenvalue weighted by Gasteiger charge is -1.97. The van der Waals surface area contributed by atoms with Crippen molar-refractivity contribution in [2.24, 2.45) is 0 Å². The highest BCUT2D eigenvalue weighted by atomic mass is 16.6. The molecule has 0 fully saturated rings. The van der Waals surface area contributed by atoms with Crippen LogP contribution in [0.3, 0.4) is 0 Å². The fraction of sp³-hybridized carbons (Fsp3) is 0.222. The average molecular weight is 176 g/mol. The normalized spacial score (nSPS) is 9.23. The molecular formula is C9H8N2O2. The first-order valence-corrected chi connectivity index (χ1v) is 3.72. The molecular weight excluding hydrogens is 168 g/mol. The predicted octanol–water partition coefficient (Wildman–Crippen LogP) is 2.32. The molecule has 0 bridgehead atoms. The fourth-order valence-electron chi connectivity index (χ4n) is 1.06. The Labute approximate surface area is 75.8 Å². The molecule has 0 heterocycles. The maximum Gasteiger partial charge on any atom is 0.269 e. The molecule has 13 heavy (non-hydrogen) atoms. The molecule has 4 heteroatoms. The van der Waals surface area contributed by atoms with Gasteiger partial charge in [0.25, 0.3) is 5.69 Å². The Morgan fingerprint density at radius 1 is 1.62 bits per heavy atom. The number of nitrogens with zero attached hydrogens (tertiary/aromatic N) is 2. The van der Waals surface area contributed by atoms with Crippen molar-refractivity contribution in [3.05, 3.63) is 50.9 Å². The first-order chi connectivity index (χ1) is 6.15. The van der Waals surface area contributed by atoms with Crippen LogP contribution < -0.4 is 0 Å². The minimum absolute atomic E-state index is 0.0752. The number of hydrogen-bond acceptors (Lipinski definition) is 2. The van der Waals surface area contributed by atoms with Crippen LogP contribution in [0, 0.1) is 23.6 Å². The fourth-order valence-corrected chi connectivity index (χ4v) is 1.06. The van der Waals surface area contributed by atoms with Crippen molar-refractivity contribution in [2.75, 3.05) is 0 Å². The Morgan fingerprint density at radius 2 is 2.31 bits per heavy atom. The molecule has 0 atom stereocenters. The van der Waals surface area contributed by atoms with Crippen LogP contribution >= 0.6 is 0 Å². The van der Waals surface area contributed by atoms with E-state index >= 15 is 0 Å². The van der Waals surface area contributed by atoms with Gasteiger partial charge in [-0.15, -0.1) is 0 Å². The molecule has 0 radical (unpaired) electrons. The van der Waals surface area contributed by atoms with Crippen LogP contribution in [0.5, 0.6) is 0 Å². The van der Waals surface area contributed by atoms with Gasteiger partial charge in [0.1, 0.15) is 0 Å². The number of nitro benzene ring substituents is 1. The number of nitro groups is 1. The van der Waals surface area contributed by atoms with Gasteiger partial charge < -0.3 is 4.85 Å². The molecule has 0 aliphatic heterocycles. The van der Waals surface area contributed by atoms with Gasteiger partial charge >= 0.3 is 0 Å². The highest BCUT2D eigenvalue weighted by Crippen LogP contribution is 2.17. The van der Waals surface area contributed by atoms with E-state index in [0.29, 0.717) is 0 Å². The third kappa shape index (κ3) is 2.03. The predicted molar refractivity (Wildman–Crippen MR) is 48.1 cm³/mol. The van der Waals surface area contributed by atoms with Crippen LogP contribution in [0.4, 0.5) is 5.69 Å². The summed E-state index contributed by atoms with van der Waals surface area (Å²) in [5.74, 6) is 0. The van der Waals surface area contributed by atoms with E-state index in [-0.39, 0.29) is 12.2 Å². The SMILES string of the molecule is [C-]#[N+]Cc1ccc([N+](=O)[O-])cc1C. The molecule has 4 nitrogen and oxygen atoms in total. The first-order valence-electron chi connectivity index (χ1n) is 3.72. The Hall–Kier alpha value is -1.89. The zero-order chi connectivity index (χ0) is 9.84. The van der Waals surface area contributed by atoms with Gasteiger partial charge in [-0.2, -0.15) is 0 Å². The van der Waals surface area contributed by atoms with Gasteiger partial charge in [-0.25, -0.2) is 6.57 Å². The second-order valence-corrected chi connectivity index (χ2v) is 2.68. The smallest absolute Gasteiger partial charge is 0.269 e. The van der Waals surface area contributed by atoms with Gasteiger partial charge in [0.2, 0.25) is 6.54 Å². The Balaban J connectivity index is 3.07. The molecule has 0 aliphatic rings. The topological polar surface area (TPSA) is 47.5 Å². The highest BCUT2D eigenvalue weighted by Gasteiger charge is 2.08. The zero-order valence-corrected chi connectivity index (χ0v) is 7.15. The summed E-state index contributed by atoms with van der Waals surface area (Å²) in [4.78, 5) is 13.2. The van der Waals surface area contributed by atoms with Crippen molar-refractivity contribution in [1.82, 2.24) is 0 Å². The molecule has 0 saturated carbocycles. The summed E-state index contributed by atoms with van der Waals surface area (Å²) >= 11 is 0. The minimum atomic E-state index is -0.436.